The number of nitro benzene ring substituents is 1. The number of aromatic hydroxyl groups is 1. The van der Waals surface area contributed by atoms with Crippen molar-refractivity contribution in [1.29, 1.82) is 0 Å². The van der Waals surface area contributed by atoms with E-state index in [0.717, 1.165) is 10.5 Å². The van der Waals surface area contributed by atoms with Gasteiger partial charge in [-0.15, -0.1) is 0 Å². The lowest BCUT2D eigenvalue weighted by molar-refractivity contribution is -0.384. The number of benzene rings is 2. The summed E-state index contributed by atoms with van der Waals surface area (Å²) in [5, 5.41) is 21.3. The molecule has 6 rings (SSSR count). The number of carbonyl (C=O) groups is 4. The smallest absolute Gasteiger partial charge is 0.271 e. The van der Waals surface area contributed by atoms with Crippen LogP contribution in [0.3, 0.4) is 0 Å². The van der Waals surface area contributed by atoms with Gasteiger partial charge in [0.05, 0.1) is 29.6 Å². The Bertz CT molecular complexity index is 1730. The number of fused-ring (bicyclic) bond motifs is 3. The molecular weight excluding hydrogens is 540 g/mol. The minimum atomic E-state index is -0.787. The van der Waals surface area contributed by atoms with Gasteiger partial charge in [0.2, 0.25) is 11.8 Å². The molecule has 0 aromatic heterocycles. The number of hydrogen-bond donors (Lipinski definition) is 1. The Morgan fingerprint density at radius 1 is 1.07 bits per heavy atom. The summed E-state index contributed by atoms with van der Waals surface area (Å²) in [7, 11) is 1.44. The summed E-state index contributed by atoms with van der Waals surface area (Å²) in [5.41, 5.74) is 2.39. The van der Waals surface area contributed by atoms with E-state index < -0.39 is 40.4 Å². The van der Waals surface area contributed by atoms with Crippen molar-refractivity contribution in [2.24, 2.45) is 23.7 Å². The number of ketones is 2. The Morgan fingerprint density at radius 3 is 2.60 bits per heavy atom. The molecule has 1 heterocycles. The topological polar surface area (TPSA) is 144 Å². The molecule has 4 atom stereocenters. The van der Waals surface area contributed by atoms with Crippen LogP contribution in [0.2, 0.25) is 0 Å². The van der Waals surface area contributed by atoms with Gasteiger partial charge in [0.15, 0.2) is 23.1 Å². The number of methoxy groups -OCH3 is 1. The second-order valence-corrected chi connectivity index (χ2v) is 10.9. The van der Waals surface area contributed by atoms with Gasteiger partial charge in [-0.2, -0.15) is 0 Å². The van der Waals surface area contributed by atoms with Crippen LogP contribution in [-0.2, 0) is 19.2 Å². The second-order valence-electron chi connectivity index (χ2n) is 10.9. The van der Waals surface area contributed by atoms with E-state index in [1.807, 2.05) is 6.08 Å². The van der Waals surface area contributed by atoms with Crippen LogP contribution in [0, 0.1) is 33.8 Å². The van der Waals surface area contributed by atoms with Gasteiger partial charge in [0.1, 0.15) is 0 Å². The minimum Gasteiger partial charge on any atom is -0.504 e. The van der Waals surface area contributed by atoms with Crippen molar-refractivity contribution in [3.63, 3.8) is 0 Å². The van der Waals surface area contributed by atoms with Crippen LogP contribution in [0.4, 0.5) is 11.4 Å². The molecule has 0 radical (unpaired) electrons. The molecule has 2 aromatic rings. The van der Waals surface area contributed by atoms with E-state index in [9.17, 15) is 34.4 Å². The van der Waals surface area contributed by atoms with Gasteiger partial charge in [-0.05, 0) is 55.5 Å². The standard InChI is InChI=1S/C32H26N2O8/c1-16-12-26(36)28-21(8-6-17-7-11-25(35)27(13-17)42-2)20-9-10-22-29(23(20)15-24(28)30(16)37)32(39)33(31(22)38)18-4-3-5-19(14-18)34(40)41/h3-9,11-14,21-23,29,35H,10,15H2,1-2H3. The second kappa shape index (κ2) is 10.1. The largest absolute Gasteiger partial charge is 0.504 e. The molecule has 1 fully saturated rings. The van der Waals surface area contributed by atoms with E-state index in [1.54, 1.807) is 31.2 Å². The van der Waals surface area contributed by atoms with E-state index in [4.69, 9.17) is 4.74 Å². The highest BCUT2D eigenvalue weighted by Crippen LogP contribution is 2.53. The SMILES string of the molecule is COc1cc(C=CC2C3=CCC4C(=O)N(c5cccc([N+](=O)[O-])c5)C(=O)C4C3CC3=C2C(=O)C=C(C)C3=O)ccc1O. The molecule has 10 nitrogen and oxygen atoms in total. The van der Waals surface area contributed by atoms with Gasteiger partial charge in [0, 0.05) is 34.8 Å². The number of rotatable bonds is 5. The first kappa shape index (κ1) is 27.1. The molecular formula is C32H26N2O8. The van der Waals surface area contributed by atoms with E-state index in [1.165, 1.54) is 43.5 Å². The highest BCUT2D eigenvalue weighted by atomic mass is 16.6. The zero-order chi connectivity index (χ0) is 29.9. The average Bonchev–Trinajstić information content (AvgIpc) is 3.24. The van der Waals surface area contributed by atoms with Crippen molar-refractivity contribution in [1.82, 2.24) is 0 Å². The maximum atomic E-state index is 13.9. The number of nitro groups is 1. The Hall–Kier alpha value is -5.12. The number of ether oxygens (including phenoxy) is 1. The fraction of sp³-hybridized carbons (Fsp3) is 0.250. The third-order valence-corrected chi connectivity index (χ3v) is 8.59. The first-order valence-electron chi connectivity index (χ1n) is 13.5. The number of nitrogens with zero attached hydrogens (tertiary/aromatic N) is 2. The van der Waals surface area contributed by atoms with Crippen molar-refractivity contribution < 1.29 is 33.9 Å². The third kappa shape index (κ3) is 4.18. The van der Waals surface area contributed by atoms with Gasteiger partial charge in [-0.25, -0.2) is 4.90 Å². The Kier molecular flexibility index (Phi) is 6.48. The summed E-state index contributed by atoms with van der Waals surface area (Å²) < 4.78 is 5.21. The number of carbonyl (C=O) groups excluding carboxylic acids is 4. The molecule has 1 N–H and O–H groups in total. The van der Waals surface area contributed by atoms with Crippen LogP contribution in [0.25, 0.3) is 6.08 Å². The Morgan fingerprint density at radius 2 is 1.86 bits per heavy atom. The Labute approximate surface area is 240 Å². The maximum absolute atomic E-state index is 13.9. The van der Waals surface area contributed by atoms with Crippen LogP contribution in [-0.4, -0.2) is 40.5 Å². The van der Waals surface area contributed by atoms with Crippen LogP contribution < -0.4 is 9.64 Å². The van der Waals surface area contributed by atoms with Crippen molar-refractivity contribution >= 4 is 40.8 Å². The van der Waals surface area contributed by atoms with Crippen LogP contribution in [0.1, 0.15) is 25.3 Å². The Balaban J connectivity index is 1.42. The lowest BCUT2D eigenvalue weighted by Gasteiger charge is -2.41. The lowest BCUT2D eigenvalue weighted by atomic mass is 9.60. The zero-order valence-electron chi connectivity index (χ0n) is 22.8. The first-order valence-corrected chi connectivity index (χ1v) is 13.5. The van der Waals surface area contributed by atoms with Crippen molar-refractivity contribution in [3.8, 4) is 11.5 Å². The van der Waals surface area contributed by atoms with E-state index >= 15 is 0 Å². The maximum Gasteiger partial charge on any atom is 0.271 e. The zero-order valence-corrected chi connectivity index (χ0v) is 22.8. The molecule has 0 saturated carbocycles. The van der Waals surface area contributed by atoms with E-state index in [-0.39, 0.29) is 47.3 Å². The van der Waals surface area contributed by atoms with Crippen LogP contribution in [0.5, 0.6) is 11.5 Å². The molecule has 10 heteroatoms. The molecule has 0 spiro atoms. The van der Waals surface area contributed by atoms with E-state index in [2.05, 4.69) is 0 Å². The number of phenols is 1. The molecule has 1 aliphatic heterocycles. The molecule has 212 valence electrons. The third-order valence-electron chi connectivity index (χ3n) is 8.59. The minimum absolute atomic E-state index is 0.0233. The van der Waals surface area contributed by atoms with Gasteiger partial charge >= 0.3 is 0 Å². The first-order chi connectivity index (χ1) is 20.1. The molecule has 4 unspecified atom stereocenters. The molecule has 3 aliphatic carbocycles. The number of Topliss-reactive ketones (excluding diaryl/α,β-unsaturated/α-hetero) is 1. The summed E-state index contributed by atoms with van der Waals surface area (Å²) >= 11 is 0. The molecule has 2 amide bonds. The number of anilines is 1. The van der Waals surface area contributed by atoms with Crippen molar-refractivity contribution in [2.45, 2.75) is 19.8 Å². The highest BCUT2D eigenvalue weighted by Gasteiger charge is 2.56. The van der Waals surface area contributed by atoms with Crippen molar-refractivity contribution in [2.75, 3.05) is 12.0 Å². The summed E-state index contributed by atoms with van der Waals surface area (Å²) in [6, 6.07) is 10.2. The van der Waals surface area contributed by atoms with Crippen LogP contribution >= 0.6 is 0 Å². The van der Waals surface area contributed by atoms with Gasteiger partial charge in [0.25, 0.3) is 5.69 Å². The number of phenolic OH excluding ortho intramolecular Hbond substituents is 1. The normalized spacial score (nSPS) is 25.2. The predicted octanol–water partition coefficient (Wildman–Crippen LogP) is 4.49. The number of non-ortho nitro benzene ring substituents is 1. The van der Waals surface area contributed by atoms with Crippen molar-refractivity contribution in [3.05, 3.63) is 98.7 Å². The quantitative estimate of drug-likeness (QED) is 0.183. The monoisotopic (exact) mass is 566 g/mol. The van der Waals surface area contributed by atoms with E-state index in [0.29, 0.717) is 22.3 Å². The molecule has 4 aliphatic rings. The highest BCUT2D eigenvalue weighted by molar-refractivity contribution is 6.24. The van der Waals surface area contributed by atoms with Gasteiger partial charge in [-0.1, -0.05) is 35.9 Å². The number of imide groups is 1. The molecule has 0 bridgehead atoms. The summed E-state index contributed by atoms with van der Waals surface area (Å²) in [6.45, 7) is 1.58. The van der Waals surface area contributed by atoms with Gasteiger partial charge < -0.3 is 9.84 Å². The lowest BCUT2D eigenvalue weighted by Crippen LogP contribution is -2.40. The molecule has 42 heavy (non-hydrogen) atoms. The summed E-state index contributed by atoms with van der Waals surface area (Å²) in [6.07, 6.45) is 7.20. The average molecular weight is 567 g/mol. The van der Waals surface area contributed by atoms with Crippen LogP contribution in [0.15, 0.2) is 83.0 Å². The number of allylic oxidation sites excluding steroid dienone is 7. The summed E-state index contributed by atoms with van der Waals surface area (Å²) in [4.78, 5) is 65.9. The number of hydrogen-bond acceptors (Lipinski definition) is 8. The fourth-order valence-corrected chi connectivity index (χ4v) is 6.67. The van der Waals surface area contributed by atoms with Gasteiger partial charge in [-0.3, -0.25) is 29.3 Å². The molecule has 2 aromatic carbocycles. The molecule has 1 saturated heterocycles. The predicted molar refractivity (Wildman–Crippen MR) is 151 cm³/mol. The summed E-state index contributed by atoms with van der Waals surface area (Å²) in [5.74, 6) is -3.80. The fourth-order valence-electron chi connectivity index (χ4n) is 6.67. The number of amides is 2.